The van der Waals surface area contributed by atoms with Gasteiger partial charge in [-0.1, -0.05) is 28.9 Å². The molecule has 0 unspecified atom stereocenters. The fraction of sp³-hybridized carbons (Fsp3) is 0.526. The second-order valence-corrected chi connectivity index (χ2v) is 7.25. The molecule has 1 saturated carbocycles. The SMILES string of the molecule is Cc1cccc(Cl)c1-c1noc(C2CC2)c1COC1CCNCC1. The number of nitrogens with one attached hydrogen (secondary N) is 1. The van der Waals surface area contributed by atoms with E-state index in [0.717, 1.165) is 54.1 Å². The van der Waals surface area contributed by atoms with Crippen LogP contribution >= 0.6 is 11.6 Å². The molecular formula is C19H23ClN2O2. The first-order chi connectivity index (χ1) is 11.7. The quantitative estimate of drug-likeness (QED) is 0.868. The van der Waals surface area contributed by atoms with Crippen molar-refractivity contribution in [1.82, 2.24) is 10.5 Å². The van der Waals surface area contributed by atoms with Crippen LogP contribution < -0.4 is 5.32 Å². The Kier molecular flexibility index (Phi) is 4.61. The van der Waals surface area contributed by atoms with Crippen LogP contribution in [0.3, 0.4) is 0 Å². The van der Waals surface area contributed by atoms with Crippen molar-refractivity contribution < 1.29 is 9.26 Å². The summed E-state index contributed by atoms with van der Waals surface area (Å²) < 4.78 is 11.9. The van der Waals surface area contributed by atoms with Crippen LogP contribution in [0.2, 0.25) is 5.02 Å². The van der Waals surface area contributed by atoms with E-state index in [1.165, 1.54) is 12.8 Å². The van der Waals surface area contributed by atoms with Crippen molar-refractivity contribution in [2.24, 2.45) is 0 Å². The molecule has 5 heteroatoms. The Hall–Kier alpha value is -1.36. The second-order valence-electron chi connectivity index (χ2n) is 6.84. The number of benzene rings is 1. The number of piperidine rings is 1. The number of hydrogen-bond acceptors (Lipinski definition) is 4. The molecule has 4 nitrogen and oxygen atoms in total. The predicted molar refractivity (Wildman–Crippen MR) is 94.3 cm³/mol. The Labute approximate surface area is 147 Å². The molecule has 1 aromatic heterocycles. The summed E-state index contributed by atoms with van der Waals surface area (Å²) >= 11 is 6.46. The van der Waals surface area contributed by atoms with E-state index in [1.54, 1.807) is 0 Å². The molecule has 0 radical (unpaired) electrons. The third-order valence-corrected chi connectivity index (χ3v) is 5.29. The smallest absolute Gasteiger partial charge is 0.145 e. The molecule has 2 aromatic rings. The van der Waals surface area contributed by atoms with Gasteiger partial charge in [-0.05, 0) is 57.3 Å². The fourth-order valence-corrected chi connectivity index (χ4v) is 3.73. The molecule has 2 aliphatic rings. The predicted octanol–water partition coefficient (Wildman–Crippen LogP) is 4.45. The fourth-order valence-electron chi connectivity index (χ4n) is 3.42. The number of nitrogens with zero attached hydrogens (tertiary/aromatic N) is 1. The highest BCUT2D eigenvalue weighted by Gasteiger charge is 2.33. The maximum absolute atomic E-state index is 6.46. The van der Waals surface area contributed by atoms with Gasteiger partial charge in [0.1, 0.15) is 11.5 Å². The van der Waals surface area contributed by atoms with Crippen molar-refractivity contribution in [3.63, 3.8) is 0 Å². The first-order valence-electron chi connectivity index (χ1n) is 8.80. The molecule has 2 fully saturated rings. The molecule has 4 rings (SSSR count). The number of hydrogen-bond donors (Lipinski definition) is 1. The van der Waals surface area contributed by atoms with Crippen LogP contribution in [0, 0.1) is 6.92 Å². The molecule has 1 aliphatic carbocycles. The van der Waals surface area contributed by atoms with Crippen molar-refractivity contribution in [2.45, 2.75) is 51.2 Å². The zero-order chi connectivity index (χ0) is 16.5. The van der Waals surface area contributed by atoms with Crippen LogP contribution in [0.1, 0.15) is 48.5 Å². The Morgan fingerprint density at radius 2 is 2.04 bits per heavy atom. The van der Waals surface area contributed by atoms with Crippen molar-refractivity contribution in [3.8, 4) is 11.3 Å². The average Bonchev–Trinajstić information content (AvgIpc) is 3.35. The normalized spacial score (nSPS) is 18.9. The Balaban J connectivity index is 1.64. The molecular weight excluding hydrogens is 324 g/mol. The lowest BCUT2D eigenvalue weighted by molar-refractivity contribution is 0.0207. The van der Waals surface area contributed by atoms with Crippen LogP contribution in [-0.4, -0.2) is 24.4 Å². The van der Waals surface area contributed by atoms with Crippen LogP contribution in [0.25, 0.3) is 11.3 Å². The number of aromatic nitrogens is 1. The first-order valence-corrected chi connectivity index (χ1v) is 9.18. The highest BCUT2D eigenvalue weighted by atomic mass is 35.5. The van der Waals surface area contributed by atoms with E-state index >= 15 is 0 Å². The first kappa shape index (κ1) is 16.1. The summed E-state index contributed by atoms with van der Waals surface area (Å²) in [6.45, 7) is 4.67. The maximum Gasteiger partial charge on any atom is 0.145 e. The Morgan fingerprint density at radius 3 is 2.75 bits per heavy atom. The molecule has 1 aliphatic heterocycles. The highest BCUT2D eigenvalue weighted by molar-refractivity contribution is 6.33. The summed E-state index contributed by atoms with van der Waals surface area (Å²) in [4.78, 5) is 0. The Bertz CT molecular complexity index is 698. The molecule has 0 bridgehead atoms. The summed E-state index contributed by atoms with van der Waals surface area (Å²) in [5, 5.41) is 8.47. The highest BCUT2D eigenvalue weighted by Crippen LogP contribution is 2.45. The van der Waals surface area contributed by atoms with Gasteiger partial charge in [0.2, 0.25) is 0 Å². The molecule has 0 spiro atoms. The van der Waals surface area contributed by atoms with E-state index in [4.69, 9.17) is 20.9 Å². The van der Waals surface area contributed by atoms with Gasteiger partial charge in [-0.3, -0.25) is 0 Å². The number of aryl methyl sites for hydroxylation is 1. The van der Waals surface area contributed by atoms with Crippen molar-refractivity contribution in [2.75, 3.05) is 13.1 Å². The third-order valence-electron chi connectivity index (χ3n) is 4.97. The van der Waals surface area contributed by atoms with E-state index in [2.05, 4.69) is 23.5 Å². The monoisotopic (exact) mass is 346 g/mol. The minimum atomic E-state index is 0.313. The lowest BCUT2D eigenvalue weighted by atomic mass is 10.0. The van der Waals surface area contributed by atoms with Crippen LogP contribution in [0.4, 0.5) is 0 Å². The second kappa shape index (κ2) is 6.87. The standard InChI is InChI=1S/C19H23ClN2O2/c1-12-3-2-4-16(20)17(12)18-15(19(24-22-18)13-5-6-13)11-23-14-7-9-21-10-8-14/h2-4,13-14,21H,5-11H2,1H3. The average molecular weight is 347 g/mol. The zero-order valence-electron chi connectivity index (χ0n) is 14.0. The van der Waals surface area contributed by atoms with Crippen LogP contribution in [0.15, 0.2) is 22.7 Å². The van der Waals surface area contributed by atoms with Gasteiger partial charge in [-0.2, -0.15) is 0 Å². The van der Waals surface area contributed by atoms with Gasteiger partial charge in [-0.15, -0.1) is 0 Å². The molecule has 128 valence electrons. The summed E-state index contributed by atoms with van der Waals surface area (Å²) in [5.41, 5.74) is 4.03. The minimum Gasteiger partial charge on any atom is -0.373 e. The Morgan fingerprint density at radius 1 is 1.25 bits per heavy atom. The lowest BCUT2D eigenvalue weighted by Gasteiger charge is -2.23. The summed E-state index contributed by atoms with van der Waals surface area (Å²) in [6.07, 6.45) is 4.79. The summed E-state index contributed by atoms with van der Waals surface area (Å²) in [5.74, 6) is 1.50. The van der Waals surface area contributed by atoms with Gasteiger partial charge < -0.3 is 14.6 Å². The number of ether oxygens (including phenoxy) is 1. The van der Waals surface area contributed by atoms with Gasteiger partial charge in [0, 0.05) is 17.0 Å². The van der Waals surface area contributed by atoms with E-state index in [9.17, 15) is 0 Å². The molecule has 0 amide bonds. The third kappa shape index (κ3) is 3.23. The van der Waals surface area contributed by atoms with Crippen molar-refractivity contribution >= 4 is 11.6 Å². The molecule has 2 heterocycles. The molecule has 1 aromatic carbocycles. The maximum atomic E-state index is 6.46. The van der Waals surface area contributed by atoms with Crippen LogP contribution in [-0.2, 0) is 11.3 Å². The van der Waals surface area contributed by atoms with E-state index < -0.39 is 0 Å². The molecule has 24 heavy (non-hydrogen) atoms. The van der Waals surface area contributed by atoms with Gasteiger partial charge in [0.25, 0.3) is 0 Å². The lowest BCUT2D eigenvalue weighted by Crippen LogP contribution is -2.32. The van der Waals surface area contributed by atoms with Crippen molar-refractivity contribution in [3.05, 3.63) is 40.1 Å². The minimum absolute atomic E-state index is 0.313. The van der Waals surface area contributed by atoms with Gasteiger partial charge in [0.05, 0.1) is 17.7 Å². The van der Waals surface area contributed by atoms with E-state index in [1.807, 2.05) is 12.1 Å². The zero-order valence-corrected chi connectivity index (χ0v) is 14.7. The van der Waals surface area contributed by atoms with Gasteiger partial charge in [0.15, 0.2) is 0 Å². The summed E-state index contributed by atoms with van der Waals surface area (Å²) in [6, 6.07) is 5.94. The van der Waals surface area contributed by atoms with E-state index in [0.29, 0.717) is 23.7 Å². The summed E-state index contributed by atoms with van der Waals surface area (Å²) in [7, 11) is 0. The number of rotatable bonds is 5. The number of halogens is 1. The molecule has 0 atom stereocenters. The van der Waals surface area contributed by atoms with Gasteiger partial charge in [-0.25, -0.2) is 0 Å². The molecule has 1 N–H and O–H groups in total. The van der Waals surface area contributed by atoms with Crippen LogP contribution in [0.5, 0.6) is 0 Å². The van der Waals surface area contributed by atoms with Gasteiger partial charge >= 0.3 is 0 Å². The largest absolute Gasteiger partial charge is 0.373 e. The molecule has 1 saturated heterocycles. The topological polar surface area (TPSA) is 47.3 Å². The van der Waals surface area contributed by atoms with E-state index in [-0.39, 0.29) is 0 Å². The van der Waals surface area contributed by atoms with Crippen molar-refractivity contribution in [1.29, 1.82) is 0 Å².